The molecule has 0 radical (unpaired) electrons. The minimum Gasteiger partial charge on any atom is -0.457 e. The lowest BCUT2D eigenvalue weighted by atomic mass is 9.88. The number of nitrogens with zero attached hydrogens (tertiary/aromatic N) is 4. The second-order valence-corrected chi connectivity index (χ2v) is 13.9. The zero-order valence-electron chi connectivity index (χ0n) is 39.9. The van der Waals surface area contributed by atoms with Crippen LogP contribution in [0.1, 0.15) is 40.0 Å². The molecule has 0 fully saturated rings. The van der Waals surface area contributed by atoms with Crippen LogP contribution in [-0.2, 0) is 5.41 Å². The largest absolute Gasteiger partial charge is 0.457 e. The molecule has 0 saturated heterocycles. The van der Waals surface area contributed by atoms with Gasteiger partial charge >= 0.3 is 0 Å². The number of anilines is 2. The molecule has 5 nitrogen and oxygen atoms in total. The van der Waals surface area contributed by atoms with Crippen molar-refractivity contribution in [2.24, 2.45) is 0 Å². The number of benzene rings is 6. The smallest absolute Gasteiger partial charge is 0.137 e. The quantitative estimate of drug-likeness (QED) is 0.165. The summed E-state index contributed by atoms with van der Waals surface area (Å²) in [6, 6.07) is 25.3. The van der Waals surface area contributed by atoms with Crippen molar-refractivity contribution in [1.29, 1.82) is 0 Å². The summed E-state index contributed by atoms with van der Waals surface area (Å²) in [7, 11) is 0. The fourth-order valence-corrected chi connectivity index (χ4v) is 6.94. The van der Waals surface area contributed by atoms with E-state index in [1.54, 1.807) is 40.4 Å². The minimum absolute atomic E-state index is 0.0804. The SMILES string of the molecule is [2H]c1c([2H])c([2H])c(-c2cccc(-c3c([2H])c([2H])c([2H])c([2H])c3[2H])c2N2C=CN(c3cccc(Oc4ccc5c6ccccc6n(-c6cc(C(C)(C)C)ccn6)c5c4)c3)C2=C)c([2H])c1[2H]. The monoisotopic (exact) mass is 710 g/mol. The average molecular weight is 711 g/mol. The van der Waals surface area contributed by atoms with E-state index < -0.39 is 60.4 Å². The van der Waals surface area contributed by atoms with E-state index in [2.05, 4.69) is 50.1 Å². The molecule has 0 N–H and O–H groups in total. The van der Waals surface area contributed by atoms with E-state index in [1.165, 1.54) is 0 Å². The summed E-state index contributed by atoms with van der Waals surface area (Å²) in [4.78, 5) is 8.19. The summed E-state index contributed by atoms with van der Waals surface area (Å²) in [5.74, 6) is 2.24. The van der Waals surface area contributed by atoms with Crippen molar-refractivity contribution < 1.29 is 18.4 Å². The van der Waals surface area contributed by atoms with Gasteiger partial charge < -0.3 is 14.5 Å². The van der Waals surface area contributed by atoms with Gasteiger partial charge in [-0.15, -0.1) is 0 Å². The van der Waals surface area contributed by atoms with Crippen LogP contribution in [0.25, 0.3) is 49.9 Å². The van der Waals surface area contributed by atoms with Crippen LogP contribution >= 0.6 is 0 Å². The lowest BCUT2D eigenvalue weighted by molar-refractivity contribution is 0.483. The molecule has 0 aliphatic carbocycles. The van der Waals surface area contributed by atoms with Gasteiger partial charge in [0.25, 0.3) is 0 Å². The van der Waals surface area contributed by atoms with E-state index >= 15 is 0 Å². The number of para-hydroxylation sites is 2. The van der Waals surface area contributed by atoms with Crippen LogP contribution in [0.2, 0.25) is 0 Å². The molecule has 1 aliphatic heterocycles. The van der Waals surface area contributed by atoms with Crippen molar-refractivity contribution in [2.45, 2.75) is 26.2 Å². The van der Waals surface area contributed by atoms with Crippen molar-refractivity contribution in [3.05, 3.63) is 194 Å². The van der Waals surface area contributed by atoms with Crippen LogP contribution in [-0.4, -0.2) is 9.55 Å². The van der Waals surface area contributed by atoms with Crippen molar-refractivity contribution in [3.8, 4) is 39.6 Å². The molecule has 5 heteroatoms. The van der Waals surface area contributed by atoms with Gasteiger partial charge in [-0.25, -0.2) is 4.98 Å². The topological polar surface area (TPSA) is 33.5 Å². The number of hydrogen-bond donors (Lipinski definition) is 0. The third-order valence-corrected chi connectivity index (χ3v) is 9.55. The Kier molecular flexibility index (Phi) is 5.82. The Morgan fingerprint density at radius 3 is 2.00 bits per heavy atom. The Labute approximate surface area is 330 Å². The first kappa shape index (κ1) is 23.7. The maximum Gasteiger partial charge on any atom is 0.137 e. The number of rotatable bonds is 7. The molecule has 0 amide bonds. The summed E-state index contributed by atoms with van der Waals surface area (Å²) in [6.07, 6.45) is 5.24. The second kappa shape index (κ2) is 13.3. The van der Waals surface area contributed by atoms with Gasteiger partial charge in [0.05, 0.1) is 36.1 Å². The Bertz CT molecular complexity index is 3160. The van der Waals surface area contributed by atoms with Gasteiger partial charge in [-0.1, -0.05) is 130 Å². The zero-order chi connectivity index (χ0) is 45.5. The Hall–Kier alpha value is -6.85. The summed E-state index contributed by atoms with van der Waals surface area (Å²) in [5, 5.41) is 2.13. The van der Waals surface area contributed by atoms with Gasteiger partial charge in [0.1, 0.15) is 23.1 Å². The molecule has 6 aromatic carbocycles. The van der Waals surface area contributed by atoms with E-state index in [0.29, 0.717) is 23.0 Å². The molecule has 262 valence electrons. The molecule has 0 bridgehead atoms. The molecule has 8 aromatic rings. The maximum atomic E-state index is 8.88. The molecule has 9 rings (SSSR count). The first-order valence-electron chi connectivity index (χ1n) is 22.5. The molecule has 1 aliphatic rings. The van der Waals surface area contributed by atoms with Gasteiger partial charge in [0.15, 0.2) is 0 Å². The van der Waals surface area contributed by atoms with E-state index in [1.807, 2.05) is 66.9 Å². The van der Waals surface area contributed by atoms with Gasteiger partial charge in [-0.05, 0) is 64.6 Å². The third-order valence-electron chi connectivity index (χ3n) is 9.55. The molecule has 0 spiro atoms. The summed E-state index contributed by atoms with van der Waals surface area (Å²) >= 11 is 0. The highest BCUT2D eigenvalue weighted by molar-refractivity contribution is 6.09. The Balaban J connectivity index is 1.12. The molecule has 54 heavy (non-hydrogen) atoms. The molecule has 3 heterocycles. The zero-order valence-corrected chi connectivity index (χ0v) is 29.9. The number of pyridine rings is 1. The van der Waals surface area contributed by atoms with Crippen LogP contribution in [0.5, 0.6) is 11.5 Å². The van der Waals surface area contributed by atoms with E-state index in [-0.39, 0.29) is 33.4 Å². The fourth-order valence-electron chi connectivity index (χ4n) is 6.94. The fraction of sp³-hybridized carbons (Fsp3) is 0.0816. The predicted molar refractivity (Wildman–Crippen MR) is 224 cm³/mol. The predicted octanol–water partition coefficient (Wildman–Crippen LogP) is 12.9. The van der Waals surface area contributed by atoms with Crippen LogP contribution in [0.3, 0.4) is 0 Å². The Morgan fingerprint density at radius 2 is 1.28 bits per heavy atom. The van der Waals surface area contributed by atoms with Gasteiger partial charge in [-0.3, -0.25) is 4.57 Å². The van der Waals surface area contributed by atoms with Crippen LogP contribution in [0, 0.1) is 0 Å². The molecule has 0 saturated carbocycles. The number of hydrogen-bond acceptors (Lipinski definition) is 4. The number of ether oxygens (including phenoxy) is 1. The van der Waals surface area contributed by atoms with E-state index in [0.717, 1.165) is 33.2 Å². The number of fused-ring (bicyclic) bond motifs is 3. The average Bonchev–Trinajstić information content (AvgIpc) is 3.83. The highest BCUT2D eigenvalue weighted by atomic mass is 16.5. The van der Waals surface area contributed by atoms with Crippen molar-refractivity contribution in [3.63, 3.8) is 0 Å². The lowest BCUT2D eigenvalue weighted by Gasteiger charge is -2.28. The first-order chi connectivity index (χ1) is 30.5. The van der Waals surface area contributed by atoms with Crippen LogP contribution in [0.15, 0.2) is 188 Å². The molecule has 0 atom stereocenters. The van der Waals surface area contributed by atoms with Crippen molar-refractivity contribution in [1.82, 2.24) is 9.55 Å². The molecule has 0 unspecified atom stereocenters. The van der Waals surface area contributed by atoms with Crippen LogP contribution < -0.4 is 14.5 Å². The van der Waals surface area contributed by atoms with E-state index in [4.69, 9.17) is 23.4 Å². The first-order valence-corrected chi connectivity index (χ1v) is 17.5. The van der Waals surface area contributed by atoms with Crippen molar-refractivity contribution >= 4 is 33.2 Å². The lowest BCUT2D eigenvalue weighted by Crippen LogP contribution is -2.22. The standard InChI is InChI=1S/C49H40N4O/c1-34-51(29-30-52(34)48-41(35-15-7-5-8-16-35)22-14-23-42(48)36-17-9-6-10-18-36)38-19-13-20-39(32-38)54-40-25-26-44-43-21-11-12-24-45(43)53(46(44)33-40)47-31-37(27-28-50-47)49(2,3)4/h5-33H,1H2,2-4H3/i5D,6D,7D,8D,9D,10D,15D,16D,17D,18D. The second-order valence-electron chi connectivity index (χ2n) is 13.9. The normalized spacial score (nSPS) is 15.6. The summed E-state index contributed by atoms with van der Waals surface area (Å²) < 4.78 is 94.5. The maximum absolute atomic E-state index is 8.88. The highest BCUT2D eigenvalue weighted by Crippen LogP contribution is 2.44. The third kappa shape index (κ3) is 5.90. The molecular weight excluding hydrogens is 661 g/mol. The van der Waals surface area contributed by atoms with Crippen molar-refractivity contribution in [2.75, 3.05) is 9.80 Å². The van der Waals surface area contributed by atoms with Crippen LogP contribution in [0.4, 0.5) is 11.4 Å². The highest BCUT2D eigenvalue weighted by Gasteiger charge is 2.26. The van der Waals surface area contributed by atoms with Gasteiger partial charge in [-0.2, -0.15) is 0 Å². The number of aromatic nitrogens is 2. The summed E-state index contributed by atoms with van der Waals surface area (Å²) in [6.45, 7) is 10.9. The molecule has 2 aromatic heterocycles. The summed E-state index contributed by atoms with van der Waals surface area (Å²) in [5.41, 5.74) is 3.94. The Morgan fingerprint density at radius 1 is 0.630 bits per heavy atom. The minimum atomic E-state index is -0.564. The van der Waals surface area contributed by atoms with E-state index in [9.17, 15) is 0 Å². The van der Waals surface area contributed by atoms with Gasteiger partial charge in [0, 0.05) is 52.6 Å². The van der Waals surface area contributed by atoms with Gasteiger partial charge in [0.2, 0.25) is 0 Å². The molecular formula is C49H40N4O.